The molecule has 2 aromatic rings. The topological polar surface area (TPSA) is 55.8 Å². The molecule has 5 heteroatoms. The smallest absolute Gasteiger partial charge is 0.340 e. The van der Waals surface area contributed by atoms with Crippen LogP contribution in [0.3, 0.4) is 0 Å². The lowest BCUT2D eigenvalue weighted by Gasteiger charge is -2.19. The first-order valence-electron chi connectivity index (χ1n) is 10.2. The van der Waals surface area contributed by atoms with Crippen LogP contribution in [0.2, 0.25) is 0 Å². The minimum Gasteiger partial charge on any atom is -0.490 e. The van der Waals surface area contributed by atoms with Gasteiger partial charge in [-0.2, -0.15) is 0 Å². The second-order valence-corrected chi connectivity index (χ2v) is 7.57. The highest BCUT2D eigenvalue weighted by Gasteiger charge is 2.37. The fourth-order valence-corrected chi connectivity index (χ4v) is 3.48. The van der Waals surface area contributed by atoms with Crippen molar-refractivity contribution in [2.75, 3.05) is 18.6 Å². The number of carbonyl (C=O) groups is 2. The van der Waals surface area contributed by atoms with Crippen molar-refractivity contribution in [3.63, 3.8) is 0 Å². The average Bonchev–Trinajstić information content (AvgIpc) is 3.02. The number of nitrogens with zero attached hydrogens (tertiary/aromatic N) is 1. The molecule has 0 fully saturated rings. The molecule has 1 amide bonds. The molecule has 0 N–H and O–H groups in total. The summed E-state index contributed by atoms with van der Waals surface area (Å²) in [5.74, 6) is 0.289. The second kappa shape index (κ2) is 9.47. The van der Waals surface area contributed by atoms with E-state index in [4.69, 9.17) is 9.47 Å². The van der Waals surface area contributed by atoms with Gasteiger partial charge in [0.25, 0.3) is 5.91 Å². The van der Waals surface area contributed by atoms with Crippen molar-refractivity contribution in [1.29, 1.82) is 0 Å². The number of hydrogen-bond acceptors (Lipinski definition) is 4. The van der Waals surface area contributed by atoms with E-state index in [1.54, 1.807) is 24.0 Å². The van der Waals surface area contributed by atoms with Gasteiger partial charge in [-0.15, -0.1) is 0 Å². The minimum atomic E-state index is -0.538. The average molecular weight is 418 g/mol. The molecule has 0 aliphatic carbocycles. The Bertz CT molecular complexity index is 1040. The van der Waals surface area contributed by atoms with Crippen molar-refractivity contribution in [3.05, 3.63) is 89.2 Å². The molecule has 1 heterocycles. The van der Waals surface area contributed by atoms with E-state index in [2.05, 4.69) is 20.4 Å². The van der Waals surface area contributed by atoms with E-state index in [0.29, 0.717) is 35.2 Å². The number of amides is 1. The van der Waals surface area contributed by atoms with Gasteiger partial charge in [-0.05, 0) is 54.3 Å². The highest BCUT2D eigenvalue weighted by atomic mass is 16.5. The molecule has 0 saturated carbocycles. The Morgan fingerprint density at radius 3 is 2.29 bits per heavy atom. The maximum absolute atomic E-state index is 13.4. The molecule has 1 aliphatic heterocycles. The van der Waals surface area contributed by atoms with Crippen molar-refractivity contribution >= 4 is 23.6 Å². The summed E-state index contributed by atoms with van der Waals surface area (Å²) >= 11 is 0. The summed E-state index contributed by atoms with van der Waals surface area (Å²) in [6.07, 6.45) is 3.38. The molecule has 0 radical (unpaired) electrons. The molecule has 5 nitrogen and oxygen atoms in total. The number of ether oxygens (including phenoxy) is 2. The predicted octanol–water partition coefficient (Wildman–Crippen LogP) is 5.25. The molecule has 2 aromatic carbocycles. The predicted molar refractivity (Wildman–Crippen MR) is 123 cm³/mol. The summed E-state index contributed by atoms with van der Waals surface area (Å²) in [4.78, 5) is 27.4. The molecule has 0 spiro atoms. The Hall–Kier alpha value is -3.60. The maximum atomic E-state index is 13.4. The first-order chi connectivity index (χ1) is 14.9. The number of benzene rings is 2. The monoisotopic (exact) mass is 417 g/mol. The van der Waals surface area contributed by atoms with Crippen LogP contribution in [-0.2, 0) is 14.3 Å². The highest BCUT2D eigenvalue weighted by Crippen LogP contribution is 2.36. The Balaban J connectivity index is 2.00. The van der Waals surface area contributed by atoms with Crippen LogP contribution in [0.4, 0.5) is 5.69 Å². The van der Waals surface area contributed by atoms with Gasteiger partial charge in [-0.25, -0.2) is 4.79 Å². The fourth-order valence-electron chi connectivity index (χ4n) is 3.48. The van der Waals surface area contributed by atoms with Crippen LogP contribution in [0.1, 0.15) is 37.8 Å². The van der Waals surface area contributed by atoms with E-state index in [1.165, 1.54) is 12.7 Å². The Kier molecular flexibility index (Phi) is 6.75. The van der Waals surface area contributed by atoms with E-state index >= 15 is 0 Å². The van der Waals surface area contributed by atoms with Crippen LogP contribution >= 0.6 is 0 Å². The number of carbonyl (C=O) groups excluding carboxylic acids is 2. The third-order valence-electron chi connectivity index (χ3n) is 5.17. The fraction of sp³-hybridized carbons (Fsp3) is 0.231. The number of anilines is 1. The quantitative estimate of drug-likeness (QED) is 0.351. The van der Waals surface area contributed by atoms with Gasteiger partial charge in [0, 0.05) is 11.4 Å². The van der Waals surface area contributed by atoms with Crippen LogP contribution in [0.15, 0.2) is 78.0 Å². The van der Waals surface area contributed by atoms with E-state index in [9.17, 15) is 9.59 Å². The molecule has 0 saturated heterocycles. The molecule has 1 aliphatic rings. The molecule has 0 aromatic heterocycles. The van der Waals surface area contributed by atoms with Crippen LogP contribution in [-0.4, -0.2) is 25.6 Å². The maximum Gasteiger partial charge on any atom is 0.340 e. The number of hydrogen-bond donors (Lipinski definition) is 0. The van der Waals surface area contributed by atoms with Crippen molar-refractivity contribution in [1.82, 2.24) is 0 Å². The van der Waals surface area contributed by atoms with Crippen molar-refractivity contribution < 1.29 is 19.1 Å². The first-order valence-corrected chi connectivity index (χ1v) is 10.2. The lowest BCUT2D eigenvalue weighted by molar-refractivity contribution is -0.136. The SMILES string of the molecule is C=CCOc1ccc(/C=C2\C(=O)N(c3ccc(C(C)C)cc3)C(C)=C2C(=O)OC)cc1. The molecule has 0 unspecified atom stereocenters. The third-order valence-corrected chi connectivity index (χ3v) is 5.17. The third kappa shape index (κ3) is 4.61. The van der Waals surface area contributed by atoms with Gasteiger partial charge >= 0.3 is 5.97 Å². The molecular formula is C26H27NO4. The zero-order valence-corrected chi connectivity index (χ0v) is 18.3. The largest absolute Gasteiger partial charge is 0.490 e. The summed E-state index contributed by atoms with van der Waals surface area (Å²) in [5.41, 5.74) is 3.79. The summed E-state index contributed by atoms with van der Waals surface area (Å²) in [6.45, 7) is 10.0. The van der Waals surface area contributed by atoms with Gasteiger partial charge in [-0.1, -0.05) is 50.8 Å². The summed E-state index contributed by atoms with van der Waals surface area (Å²) in [5, 5.41) is 0. The van der Waals surface area contributed by atoms with Crippen LogP contribution < -0.4 is 9.64 Å². The van der Waals surface area contributed by atoms with Gasteiger partial charge in [0.05, 0.1) is 18.3 Å². The molecule has 160 valence electrons. The lowest BCUT2D eigenvalue weighted by Crippen LogP contribution is -2.24. The summed E-state index contributed by atoms with van der Waals surface area (Å²) < 4.78 is 10.5. The van der Waals surface area contributed by atoms with Crippen molar-refractivity contribution in [3.8, 4) is 5.75 Å². The van der Waals surface area contributed by atoms with Gasteiger partial charge in [0.2, 0.25) is 0 Å². The van der Waals surface area contributed by atoms with Crippen LogP contribution in [0.5, 0.6) is 5.75 Å². The number of allylic oxidation sites excluding steroid dienone is 1. The Labute approximate surface area is 183 Å². The van der Waals surface area contributed by atoms with Crippen molar-refractivity contribution in [2.45, 2.75) is 26.7 Å². The standard InChI is InChI=1S/C26H27NO4/c1-6-15-31-22-13-7-19(8-14-22)16-23-24(26(29)30-5)18(4)27(25(23)28)21-11-9-20(10-12-21)17(2)3/h6-14,16-17H,1,15H2,2-5H3/b23-16-. The van der Waals surface area contributed by atoms with E-state index < -0.39 is 5.97 Å². The molecule has 0 bridgehead atoms. The van der Waals surface area contributed by atoms with Crippen LogP contribution in [0, 0.1) is 0 Å². The zero-order chi connectivity index (χ0) is 22.5. The number of esters is 1. The molecule has 31 heavy (non-hydrogen) atoms. The van der Waals surface area contributed by atoms with E-state index in [1.807, 2.05) is 48.5 Å². The van der Waals surface area contributed by atoms with Crippen molar-refractivity contribution in [2.24, 2.45) is 0 Å². The van der Waals surface area contributed by atoms with Gasteiger partial charge in [0.15, 0.2) is 0 Å². The molecule has 3 rings (SSSR count). The van der Waals surface area contributed by atoms with Gasteiger partial charge in [0.1, 0.15) is 12.4 Å². The lowest BCUT2D eigenvalue weighted by atomic mass is 10.0. The molecule has 0 atom stereocenters. The second-order valence-electron chi connectivity index (χ2n) is 7.57. The minimum absolute atomic E-state index is 0.262. The Morgan fingerprint density at radius 2 is 1.74 bits per heavy atom. The van der Waals surface area contributed by atoms with Gasteiger partial charge in [-0.3, -0.25) is 9.69 Å². The summed E-state index contributed by atoms with van der Waals surface area (Å²) in [7, 11) is 1.32. The highest BCUT2D eigenvalue weighted by molar-refractivity contribution is 6.23. The normalized spacial score (nSPS) is 15.1. The zero-order valence-electron chi connectivity index (χ0n) is 18.3. The van der Waals surface area contributed by atoms with Crippen LogP contribution in [0.25, 0.3) is 6.08 Å². The first kappa shape index (κ1) is 22.1. The molecular weight excluding hydrogens is 390 g/mol. The number of methoxy groups -OCH3 is 1. The Morgan fingerprint density at radius 1 is 1.10 bits per heavy atom. The number of rotatable bonds is 7. The van der Waals surface area contributed by atoms with Gasteiger partial charge < -0.3 is 9.47 Å². The van der Waals surface area contributed by atoms with E-state index in [-0.39, 0.29) is 11.5 Å². The van der Waals surface area contributed by atoms with E-state index in [0.717, 1.165) is 5.56 Å². The summed E-state index contributed by atoms with van der Waals surface area (Å²) in [6, 6.07) is 15.1.